The molecule has 1 aliphatic carbocycles. The largest absolute Gasteiger partial charge is 0.453 e. The van der Waals surface area contributed by atoms with E-state index in [-0.39, 0.29) is 53.1 Å². The lowest BCUT2D eigenvalue weighted by molar-refractivity contribution is -0.386. The van der Waals surface area contributed by atoms with Crippen LogP contribution in [0.25, 0.3) is 0 Å². The molecule has 2 N–H and O–H groups in total. The molecule has 0 bridgehead atoms. The summed E-state index contributed by atoms with van der Waals surface area (Å²) >= 11 is 1.37. The average molecular weight is 533 g/mol. The number of rotatable bonds is 5. The summed E-state index contributed by atoms with van der Waals surface area (Å²) in [6, 6.07) is 12.9. The Morgan fingerprint density at radius 1 is 1.13 bits per heavy atom. The number of carbonyl (C=O) groups excluding carboxylic acids is 1. The number of aromatic amines is 1. The molecule has 3 heterocycles. The summed E-state index contributed by atoms with van der Waals surface area (Å²) in [7, 11) is 0. The van der Waals surface area contributed by atoms with Crippen molar-refractivity contribution >= 4 is 29.1 Å². The van der Waals surface area contributed by atoms with E-state index in [1.54, 1.807) is 12.1 Å². The number of nitrogens with zero attached hydrogens (tertiary/aromatic N) is 2. The Morgan fingerprint density at radius 2 is 1.92 bits per heavy atom. The lowest BCUT2D eigenvalue weighted by Gasteiger charge is -2.40. The fourth-order valence-electron chi connectivity index (χ4n) is 5.46. The molecule has 0 amide bonds. The van der Waals surface area contributed by atoms with Crippen LogP contribution in [0, 0.1) is 21.4 Å². The molecule has 194 valence electrons. The molecule has 38 heavy (non-hydrogen) atoms. The number of fused-ring (bicyclic) bond motifs is 3. The van der Waals surface area contributed by atoms with Crippen molar-refractivity contribution in [3.63, 3.8) is 0 Å². The van der Waals surface area contributed by atoms with E-state index >= 15 is 0 Å². The number of aromatic nitrogens is 2. The molecule has 2 aromatic carbocycles. The van der Waals surface area contributed by atoms with Crippen molar-refractivity contribution in [1.29, 1.82) is 0 Å². The van der Waals surface area contributed by atoms with Crippen LogP contribution in [0.4, 0.5) is 11.5 Å². The van der Waals surface area contributed by atoms with E-state index in [9.17, 15) is 19.7 Å². The number of Topliss-reactive ketones (excluding diaryl/α,β-unsaturated/α-hetero) is 1. The van der Waals surface area contributed by atoms with Gasteiger partial charge in [0.15, 0.2) is 10.9 Å². The van der Waals surface area contributed by atoms with Crippen molar-refractivity contribution in [2.45, 2.75) is 37.1 Å². The molecular weight excluding hydrogens is 508 g/mol. The SMILES string of the molecule is CC1(C)C=C2Nc3nc(SCc4ccccc4)[nH]c(=O)c3[C@H](c3ccc4c(c3[N+](=O)[O-])OCO4)[C@H]2C(=O)C1. The zero-order valence-electron chi connectivity index (χ0n) is 20.6. The van der Waals surface area contributed by atoms with E-state index in [4.69, 9.17) is 14.5 Å². The van der Waals surface area contributed by atoms with E-state index in [1.165, 1.54) is 11.8 Å². The summed E-state index contributed by atoms with van der Waals surface area (Å²) in [5.74, 6) is -0.710. The van der Waals surface area contributed by atoms with Crippen LogP contribution in [-0.2, 0) is 10.5 Å². The number of H-pyrrole nitrogens is 1. The van der Waals surface area contributed by atoms with Crippen LogP contribution in [0.5, 0.6) is 11.5 Å². The third-order valence-electron chi connectivity index (χ3n) is 6.98. The molecule has 2 aliphatic heterocycles. The number of carbonyl (C=O) groups is 1. The van der Waals surface area contributed by atoms with E-state index < -0.39 is 27.7 Å². The van der Waals surface area contributed by atoms with Crippen molar-refractivity contribution in [1.82, 2.24) is 9.97 Å². The normalized spacial score (nSPS) is 20.7. The first-order valence-electron chi connectivity index (χ1n) is 12.1. The number of hydrogen-bond acceptors (Lipinski definition) is 9. The molecule has 10 nitrogen and oxygen atoms in total. The summed E-state index contributed by atoms with van der Waals surface area (Å²) in [4.78, 5) is 46.4. The quantitative estimate of drug-likeness (QED) is 0.206. The molecule has 0 spiro atoms. The number of ether oxygens (including phenoxy) is 2. The van der Waals surface area contributed by atoms with E-state index in [1.807, 2.05) is 50.3 Å². The maximum atomic E-state index is 13.6. The molecule has 3 aromatic rings. The van der Waals surface area contributed by atoms with Gasteiger partial charge in [-0.2, -0.15) is 0 Å². The van der Waals surface area contributed by atoms with E-state index in [0.717, 1.165) is 5.56 Å². The molecule has 2 atom stereocenters. The van der Waals surface area contributed by atoms with Gasteiger partial charge in [-0.05, 0) is 23.1 Å². The highest BCUT2D eigenvalue weighted by molar-refractivity contribution is 7.98. The first-order chi connectivity index (χ1) is 18.2. The number of allylic oxidation sites excluding steroid dienone is 2. The highest BCUT2D eigenvalue weighted by Gasteiger charge is 2.48. The van der Waals surface area contributed by atoms with Crippen LogP contribution >= 0.6 is 11.8 Å². The molecule has 0 saturated heterocycles. The fraction of sp³-hybridized carbons (Fsp3) is 0.296. The van der Waals surface area contributed by atoms with Crippen molar-refractivity contribution in [3.05, 3.63) is 91.4 Å². The lowest BCUT2D eigenvalue weighted by Crippen LogP contribution is -2.42. The zero-order chi connectivity index (χ0) is 26.6. The van der Waals surface area contributed by atoms with Crippen molar-refractivity contribution in [2.24, 2.45) is 11.3 Å². The summed E-state index contributed by atoms with van der Waals surface area (Å²) in [5.41, 5.74) is 0.873. The average Bonchev–Trinajstić information content (AvgIpc) is 3.34. The Kier molecular flexibility index (Phi) is 5.75. The van der Waals surface area contributed by atoms with Gasteiger partial charge in [0.2, 0.25) is 12.5 Å². The number of hydrogen-bond donors (Lipinski definition) is 2. The van der Waals surface area contributed by atoms with Crippen molar-refractivity contribution < 1.29 is 19.2 Å². The monoisotopic (exact) mass is 532 g/mol. The first kappa shape index (κ1) is 24.2. The standard InChI is InChI=1S/C27H24N4O6S/c1-27(2)10-16-20(17(32)11-27)19(15-8-9-18-23(37-13-36-18)22(15)31(34)35)21-24(28-16)29-26(30-25(21)33)38-12-14-6-4-3-5-7-14/h3-10,19-20H,11-13H2,1-2H3,(H2,28,29,30,33)/t19-,20-/m1/s1. The molecule has 6 rings (SSSR count). The minimum atomic E-state index is -0.930. The maximum Gasteiger partial charge on any atom is 0.318 e. The Bertz CT molecular complexity index is 1570. The minimum absolute atomic E-state index is 0.00104. The van der Waals surface area contributed by atoms with Gasteiger partial charge in [-0.3, -0.25) is 19.7 Å². The zero-order valence-corrected chi connectivity index (χ0v) is 21.5. The third-order valence-corrected chi connectivity index (χ3v) is 7.92. The Hall–Kier alpha value is -4.12. The summed E-state index contributed by atoms with van der Waals surface area (Å²) < 4.78 is 10.8. The molecule has 0 fully saturated rings. The number of anilines is 1. The molecule has 0 saturated carbocycles. The predicted molar refractivity (Wildman–Crippen MR) is 141 cm³/mol. The lowest BCUT2D eigenvalue weighted by atomic mass is 9.67. The fourth-order valence-corrected chi connectivity index (χ4v) is 6.28. The topological polar surface area (TPSA) is 136 Å². The van der Waals surface area contributed by atoms with Gasteiger partial charge in [0.05, 0.1) is 16.4 Å². The Balaban J connectivity index is 1.52. The Morgan fingerprint density at radius 3 is 2.68 bits per heavy atom. The third kappa shape index (κ3) is 4.12. The molecular formula is C27H24N4O6S. The number of nitro groups is 1. The second-order valence-electron chi connectivity index (χ2n) is 10.2. The number of thioether (sulfide) groups is 1. The second kappa shape index (κ2) is 9.02. The number of nitrogens with one attached hydrogen (secondary N) is 2. The van der Waals surface area contributed by atoms with Crippen LogP contribution in [0.2, 0.25) is 0 Å². The van der Waals surface area contributed by atoms with Gasteiger partial charge in [-0.15, -0.1) is 0 Å². The summed E-state index contributed by atoms with van der Waals surface area (Å²) in [5, 5.41) is 15.9. The number of nitro benzene ring substituents is 1. The van der Waals surface area contributed by atoms with Gasteiger partial charge >= 0.3 is 5.69 Å². The van der Waals surface area contributed by atoms with Crippen molar-refractivity contribution in [2.75, 3.05) is 12.1 Å². The Labute approximate surface area is 221 Å². The smallest absolute Gasteiger partial charge is 0.318 e. The first-order valence-corrected chi connectivity index (χ1v) is 13.1. The summed E-state index contributed by atoms with van der Waals surface area (Å²) in [6.07, 6.45) is 2.21. The molecule has 3 aliphatic rings. The van der Waals surface area contributed by atoms with Crippen LogP contribution in [-0.4, -0.2) is 27.5 Å². The van der Waals surface area contributed by atoms with Gasteiger partial charge in [0.25, 0.3) is 5.56 Å². The predicted octanol–water partition coefficient (Wildman–Crippen LogP) is 4.76. The van der Waals surface area contributed by atoms with Gasteiger partial charge < -0.3 is 19.8 Å². The van der Waals surface area contributed by atoms with Gasteiger partial charge in [0.1, 0.15) is 11.6 Å². The van der Waals surface area contributed by atoms with Gasteiger partial charge in [0, 0.05) is 29.4 Å². The van der Waals surface area contributed by atoms with E-state index in [0.29, 0.717) is 16.6 Å². The number of benzene rings is 2. The molecule has 0 radical (unpaired) electrons. The van der Waals surface area contributed by atoms with Crippen LogP contribution in [0.1, 0.15) is 42.9 Å². The van der Waals surface area contributed by atoms with Gasteiger partial charge in [-0.25, -0.2) is 4.98 Å². The van der Waals surface area contributed by atoms with E-state index in [2.05, 4.69) is 10.3 Å². The molecule has 11 heteroatoms. The van der Waals surface area contributed by atoms with Crippen LogP contribution in [0.3, 0.4) is 0 Å². The highest BCUT2D eigenvalue weighted by Crippen LogP contribution is 2.53. The molecule has 0 unspecified atom stereocenters. The molecule has 1 aromatic heterocycles. The highest BCUT2D eigenvalue weighted by atomic mass is 32.2. The maximum absolute atomic E-state index is 13.6. The minimum Gasteiger partial charge on any atom is -0.453 e. The second-order valence-corrected chi connectivity index (χ2v) is 11.2. The van der Waals surface area contributed by atoms with Crippen LogP contribution in [0.15, 0.2) is 64.2 Å². The number of ketones is 1. The van der Waals surface area contributed by atoms with Crippen LogP contribution < -0.4 is 20.3 Å². The summed E-state index contributed by atoms with van der Waals surface area (Å²) in [6.45, 7) is 3.76. The van der Waals surface area contributed by atoms with Gasteiger partial charge in [-0.1, -0.05) is 62.0 Å². The van der Waals surface area contributed by atoms with Crippen molar-refractivity contribution in [3.8, 4) is 11.5 Å².